The summed E-state index contributed by atoms with van der Waals surface area (Å²) in [6, 6.07) is 13.2. The largest absolute Gasteiger partial charge is 0.497 e. The summed E-state index contributed by atoms with van der Waals surface area (Å²) >= 11 is 0. The standard InChI is InChI=1S/C23H21N3O3/c1-16-20-12-19(28-2)5-6-21(20)29-22(16)23(27)26(14-17-7-10-24-11-8-17)15-18-4-3-9-25-13-18/h3-13H,14-15H2,1-2H3. The van der Waals surface area contributed by atoms with Crippen molar-refractivity contribution in [3.8, 4) is 5.75 Å². The first-order chi connectivity index (χ1) is 14.2. The minimum absolute atomic E-state index is 0.168. The summed E-state index contributed by atoms with van der Waals surface area (Å²) in [7, 11) is 1.62. The zero-order valence-corrected chi connectivity index (χ0v) is 16.3. The third kappa shape index (κ3) is 3.96. The Labute approximate surface area is 168 Å². The average Bonchev–Trinajstić information content (AvgIpc) is 3.10. The number of rotatable bonds is 6. The van der Waals surface area contributed by atoms with Crippen molar-refractivity contribution in [1.29, 1.82) is 0 Å². The van der Waals surface area contributed by atoms with Gasteiger partial charge in [-0.2, -0.15) is 0 Å². The number of furan rings is 1. The van der Waals surface area contributed by atoms with E-state index in [2.05, 4.69) is 9.97 Å². The summed E-state index contributed by atoms with van der Waals surface area (Å²) in [4.78, 5) is 23.4. The lowest BCUT2D eigenvalue weighted by Gasteiger charge is -2.22. The Morgan fingerprint density at radius 1 is 1.03 bits per heavy atom. The highest BCUT2D eigenvalue weighted by atomic mass is 16.5. The molecule has 6 nitrogen and oxygen atoms in total. The highest BCUT2D eigenvalue weighted by Crippen LogP contribution is 2.30. The van der Waals surface area contributed by atoms with E-state index in [1.54, 1.807) is 36.8 Å². The zero-order chi connectivity index (χ0) is 20.2. The van der Waals surface area contributed by atoms with Gasteiger partial charge in [-0.3, -0.25) is 14.8 Å². The highest BCUT2D eigenvalue weighted by Gasteiger charge is 2.24. The molecular weight excluding hydrogens is 366 g/mol. The van der Waals surface area contributed by atoms with E-state index < -0.39 is 0 Å². The van der Waals surface area contributed by atoms with Crippen molar-refractivity contribution < 1.29 is 13.9 Å². The predicted molar refractivity (Wildman–Crippen MR) is 110 cm³/mol. The van der Waals surface area contributed by atoms with Crippen LogP contribution in [0.4, 0.5) is 0 Å². The van der Waals surface area contributed by atoms with Crippen molar-refractivity contribution in [2.45, 2.75) is 20.0 Å². The lowest BCUT2D eigenvalue weighted by Crippen LogP contribution is -2.30. The Morgan fingerprint density at radius 3 is 2.55 bits per heavy atom. The van der Waals surface area contributed by atoms with Crippen molar-refractivity contribution in [2.75, 3.05) is 7.11 Å². The van der Waals surface area contributed by atoms with Crippen molar-refractivity contribution in [1.82, 2.24) is 14.9 Å². The number of ether oxygens (including phenoxy) is 1. The Bertz CT molecular complexity index is 1080. The quantitative estimate of drug-likeness (QED) is 0.491. The molecule has 0 N–H and O–H groups in total. The van der Waals surface area contributed by atoms with Gasteiger partial charge in [-0.15, -0.1) is 0 Å². The van der Waals surface area contributed by atoms with Crippen LogP contribution in [-0.4, -0.2) is 27.9 Å². The number of carbonyl (C=O) groups excluding carboxylic acids is 1. The molecule has 0 saturated heterocycles. The topological polar surface area (TPSA) is 68.5 Å². The summed E-state index contributed by atoms with van der Waals surface area (Å²) in [6.07, 6.45) is 6.93. The van der Waals surface area contributed by atoms with Gasteiger partial charge in [0.15, 0.2) is 5.76 Å². The molecule has 0 radical (unpaired) electrons. The van der Waals surface area contributed by atoms with Gasteiger partial charge in [-0.25, -0.2) is 0 Å². The number of amides is 1. The molecule has 0 aliphatic rings. The van der Waals surface area contributed by atoms with Crippen LogP contribution >= 0.6 is 0 Å². The second-order valence-corrected chi connectivity index (χ2v) is 6.80. The smallest absolute Gasteiger partial charge is 0.290 e. The molecule has 0 spiro atoms. The van der Waals surface area contributed by atoms with Gasteiger partial charge in [0, 0.05) is 48.8 Å². The molecule has 0 saturated carbocycles. The number of carbonyl (C=O) groups is 1. The minimum Gasteiger partial charge on any atom is -0.497 e. The molecule has 0 aliphatic heterocycles. The fraction of sp³-hybridized carbons (Fsp3) is 0.174. The summed E-state index contributed by atoms with van der Waals surface area (Å²) in [5.41, 5.74) is 3.41. The Kier molecular flexibility index (Phi) is 5.24. The number of hydrogen-bond acceptors (Lipinski definition) is 5. The number of nitrogens with zero attached hydrogens (tertiary/aromatic N) is 3. The molecule has 29 heavy (non-hydrogen) atoms. The van der Waals surface area contributed by atoms with E-state index in [0.29, 0.717) is 24.4 Å². The average molecular weight is 387 g/mol. The minimum atomic E-state index is -0.168. The lowest BCUT2D eigenvalue weighted by molar-refractivity contribution is 0.0699. The van der Waals surface area contributed by atoms with Gasteiger partial charge >= 0.3 is 0 Å². The van der Waals surface area contributed by atoms with Crippen LogP contribution in [0.2, 0.25) is 0 Å². The van der Waals surface area contributed by atoms with Crippen molar-refractivity contribution in [3.63, 3.8) is 0 Å². The van der Waals surface area contributed by atoms with E-state index >= 15 is 0 Å². The maximum Gasteiger partial charge on any atom is 0.290 e. The van der Waals surface area contributed by atoms with Crippen molar-refractivity contribution in [2.24, 2.45) is 0 Å². The number of benzene rings is 1. The van der Waals surface area contributed by atoms with Crippen LogP contribution in [0.5, 0.6) is 5.75 Å². The van der Waals surface area contributed by atoms with E-state index in [0.717, 1.165) is 27.8 Å². The second-order valence-electron chi connectivity index (χ2n) is 6.80. The van der Waals surface area contributed by atoms with Crippen molar-refractivity contribution in [3.05, 3.63) is 89.7 Å². The molecule has 1 aromatic carbocycles. The molecule has 1 amide bonds. The molecule has 146 valence electrons. The number of hydrogen-bond donors (Lipinski definition) is 0. The third-order valence-electron chi connectivity index (χ3n) is 4.84. The molecule has 0 unspecified atom stereocenters. The molecular formula is C23H21N3O3. The van der Waals surface area contributed by atoms with E-state index in [9.17, 15) is 4.79 Å². The maximum atomic E-state index is 13.5. The summed E-state index contributed by atoms with van der Waals surface area (Å²) in [6.45, 7) is 2.76. The second kappa shape index (κ2) is 8.14. The molecule has 0 bridgehead atoms. The van der Waals surface area contributed by atoms with Gasteiger partial charge in [0.25, 0.3) is 5.91 Å². The van der Waals surface area contributed by atoms with E-state index in [1.807, 2.05) is 49.4 Å². The molecule has 4 rings (SSSR count). The Balaban J connectivity index is 1.70. The monoisotopic (exact) mass is 387 g/mol. The van der Waals surface area contributed by atoms with E-state index in [1.165, 1.54) is 0 Å². The van der Waals surface area contributed by atoms with Gasteiger partial charge in [0.1, 0.15) is 11.3 Å². The van der Waals surface area contributed by atoms with Crippen LogP contribution in [0.3, 0.4) is 0 Å². The Hall–Kier alpha value is -3.67. The molecule has 4 aromatic rings. The van der Waals surface area contributed by atoms with E-state index in [4.69, 9.17) is 9.15 Å². The summed E-state index contributed by atoms with van der Waals surface area (Å²) in [5, 5.41) is 0.873. The number of methoxy groups -OCH3 is 1. The fourth-order valence-electron chi connectivity index (χ4n) is 3.29. The van der Waals surface area contributed by atoms with Gasteiger partial charge < -0.3 is 14.1 Å². The third-order valence-corrected chi connectivity index (χ3v) is 4.84. The number of pyridine rings is 2. The lowest BCUT2D eigenvalue weighted by atomic mass is 10.1. The van der Waals surface area contributed by atoms with Gasteiger partial charge in [0.2, 0.25) is 0 Å². The highest BCUT2D eigenvalue weighted by molar-refractivity contribution is 5.99. The van der Waals surface area contributed by atoms with Crippen LogP contribution in [0.25, 0.3) is 11.0 Å². The van der Waals surface area contributed by atoms with Crippen LogP contribution in [0, 0.1) is 6.92 Å². The number of aromatic nitrogens is 2. The predicted octanol–water partition coefficient (Wildman–Crippen LogP) is 4.38. The SMILES string of the molecule is COc1ccc2oc(C(=O)N(Cc3ccncc3)Cc3cccnc3)c(C)c2c1. The molecule has 0 atom stereocenters. The fourth-order valence-corrected chi connectivity index (χ4v) is 3.29. The van der Waals surface area contributed by atoms with Gasteiger partial charge in [-0.05, 0) is 54.4 Å². The van der Waals surface area contributed by atoms with Gasteiger partial charge in [-0.1, -0.05) is 6.07 Å². The Morgan fingerprint density at radius 2 is 1.83 bits per heavy atom. The molecule has 3 aromatic heterocycles. The molecule has 3 heterocycles. The molecule has 0 aliphatic carbocycles. The molecule has 6 heteroatoms. The number of fused-ring (bicyclic) bond motifs is 1. The first-order valence-corrected chi connectivity index (χ1v) is 9.30. The first kappa shape index (κ1) is 18.7. The zero-order valence-electron chi connectivity index (χ0n) is 16.3. The van der Waals surface area contributed by atoms with Gasteiger partial charge in [0.05, 0.1) is 7.11 Å². The molecule has 0 fully saturated rings. The normalized spacial score (nSPS) is 10.8. The van der Waals surface area contributed by atoms with Crippen LogP contribution in [0.1, 0.15) is 27.2 Å². The summed E-state index contributed by atoms with van der Waals surface area (Å²) < 4.78 is 11.2. The first-order valence-electron chi connectivity index (χ1n) is 9.30. The maximum absolute atomic E-state index is 13.5. The van der Waals surface area contributed by atoms with Crippen molar-refractivity contribution >= 4 is 16.9 Å². The number of aryl methyl sites for hydroxylation is 1. The van der Waals surface area contributed by atoms with Crippen LogP contribution in [-0.2, 0) is 13.1 Å². The van der Waals surface area contributed by atoms with Crippen LogP contribution in [0.15, 0.2) is 71.7 Å². The van der Waals surface area contributed by atoms with Crippen LogP contribution < -0.4 is 4.74 Å². The van der Waals surface area contributed by atoms with E-state index in [-0.39, 0.29) is 5.91 Å². The summed E-state index contributed by atoms with van der Waals surface area (Å²) in [5.74, 6) is 0.897.